The number of ether oxygens (including phenoxy) is 1. The first-order valence-electron chi connectivity index (χ1n) is 4.53. The van der Waals surface area contributed by atoms with Gasteiger partial charge < -0.3 is 14.9 Å². The fraction of sp³-hybridized carbons (Fsp3) is 0.700. The zero-order valence-electron chi connectivity index (χ0n) is 8.87. The van der Waals surface area contributed by atoms with Crippen molar-refractivity contribution in [1.29, 1.82) is 0 Å². The molecule has 0 saturated heterocycles. The van der Waals surface area contributed by atoms with Gasteiger partial charge in [-0.3, -0.25) is 0 Å². The summed E-state index contributed by atoms with van der Waals surface area (Å²) in [5.74, 6) is -0.627. The number of carbonyl (C=O) groups is 1. The maximum absolute atomic E-state index is 11.3. The van der Waals surface area contributed by atoms with E-state index in [0.717, 1.165) is 0 Å². The fourth-order valence-corrected chi connectivity index (χ4v) is 1.31. The Kier molecular flexibility index (Phi) is 2.69. The van der Waals surface area contributed by atoms with Gasteiger partial charge in [0.25, 0.3) is 0 Å². The summed E-state index contributed by atoms with van der Waals surface area (Å²) >= 11 is 0. The minimum Gasteiger partial charge on any atom is -0.428 e. The molecule has 4 heteroatoms. The summed E-state index contributed by atoms with van der Waals surface area (Å²) in [6.45, 7) is 7.03. The third-order valence-electron chi connectivity index (χ3n) is 2.33. The first kappa shape index (κ1) is 11.2. The van der Waals surface area contributed by atoms with Crippen LogP contribution in [0.2, 0.25) is 0 Å². The van der Waals surface area contributed by atoms with Crippen molar-refractivity contribution in [3.8, 4) is 0 Å². The Morgan fingerprint density at radius 1 is 1.43 bits per heavy atom. The zero-order chi connectivity index (χ0) is 11.1. The summed E-state index contributed by atoms with van der Waals surface area (Å²) in [6, 6.07) is 0. The van der Waals surface area contributed by atoms with Crippen molar-refractivity contribution < 1.29 is 19.7 Å². The van der Waals surface area contributed by atoms with Gasteiger partial charge in [0.2, 0.25) is 6.29 Å². The second kappa shape index (κ2) is 3.37. The Hall–Kier alpha value is -0.870. The number of hydrogen-bond acceptors (Lipinski definition) is 4. The van der Waals surface area contributed by atoms with Crippen molar-refractivity contribution in [1.82, 2.24) is 0 Å². The van der Waals surface area contributed by atoms with Crippen LogP contribution >= 0.6 is 0 Å². The van der Waals surface area contributed by atoms with Crippen molar-refractivity contribution in [3.05, 3.63) is 11.1 Å². The van der Waals surface area contributed by atoms with Crippen molar-refractivity contribution in [3.63, 3.8) is 0 Å². The third-order valence-corrected chi connectivity index (χ3v) is 2.33. The van der Waals surface area contributed by atoms with Crippen LogP contribution in [0.1, 0.15) is 27.7 Å². The van der Waals surface area contributed by atoms with Gasteiger partial charge in [-0.05, 0) is 12.3 Å². The molecule has 1 aliphatic heterocycles. The van der Waals surface area contributed by atoms with Crippen molar-refractivity contribution in [2.24, 2.45) is 5.41 Å². The van der Waals surface area contributed by atoms with E-state index in [9.17, 15) is 15.0 Å². The number of carbonyl (C=O) groups excluding carboxylic acids is 1. The van der Waals surface area contributed by atoms with Crippen molar-refractivity contribution in [2.75, 3.05) is 0 Å². The molecule has 0 aromatic carbocycles. The van der Waals surface area contributed by atoms with Crippen LogP contribution in [-0.2, 0) is 9.53 Å². The molecule has 1 unspecified atom stereocenters. The number of cyclic esters (lactones) is 1. The second-order valence-electron chi connectivity index (χ2n) is 4.62. The molecule has 0 saturated carbocycles. The van der Waals surface area contributed by atoms with Gasteiger partial charge in [-0.2, -0.15) is 0 Å². The molecule has 0 aromatic rings. The summed E-state index contributed by atoms with van der Waals surface area (Å²) in [7, 11) is 0. The van der Waals surface area contributed by atoms with E-state index in [1.165, 1.54) is 0 Å². The molecule has 4 nitrogen and oxygen atoms in total. The lowest BCUT2D eigenvalue weighted by Crippen LogP contribution is -2.30. The molecule has 0 amide bonds. The highest BCUT2D eigenvalue weighted by Gasteiger charge is 2.38. The zero-order valence-corrected chi connectivity index (χ0v) is 8.87. The highest BCUT2D eigenvalue weighted by Crippen LogP contribution is 2.32. The lowest BCUT2D eigenvalue weighted by atomic mass is 9.83. The molecule has 1 heterocycles. The topological polar surface area (TPSA) is 66.8 Å². The fourth-order valence-electron chi connectivity index (χ4n) is 1.31. The highest BCUT2D eigenvalue weighted by atomic mass is 16.6. The van der Waals surface area contributed by atoms with E-state index in [1.54, 1.807) is 6.92 Å². The minimum absolute atomic E-state index is 0.185. The van der Waals surface area contributed by atoms with Gasteiger partial charge in [-0.25, -0.2) is 4.79 Å². The normalized spacial score (nSPS) is 25.3. The van der Waals surface area contributed by atoms with E-state index >= 15 is 0 Å². The number of esters is 1. The van der Waals surface area contributed by atoms with E-state index in [4.69, 9.17) is 0 Å². The van der Waals surface area contributed by atoms with Gasteiger partial charge in [0, 0.05) is 5.57 Å². The molecule has 2 N–H and O–H groups in total. The molecular weight excluding hydrogens is 184 g/mol. The van der Waals surface area contributed by atoms with E-state index in [0.29, 0.717) is 5.57 Å². The van der Waals surface area contributed by atoms with Gasteiger partial charge in [-0.15, -0.1) is 0 Å². The molecule has 0 radical (unpaired) electrons. The molecule has 0 fully saturated rings. The average molecular weight is 200 g/mol. The number of rotatable bonds is 1. The minimum atomic E-state index is -1.20. The monoisotopic (exact) mass is 200 g/mol. The first-order valence-corrected chi connectivity index (χ1v) is 4.53. The van der Waals surface area contributed by atoms with Gasteiger partial charge in [-0.1, -0.05) is 20.8 Å². The highest BCUT2D eigenvalue weighted by molar-refractivity contribution is 5.93. The van der Waals surface area contributed by atoms with E-state index in [-0.39, 0.29) is 5.57 Å². The lowest BCUT2D eigenvalue weighted by Gasteiger charge is -2.25. The first-order chi connectivity index (χ1) is 6.25. The summed E-state index contributed by atoms with van der Waals surface area (Å²) < 4.78 is 4.58. The third kappa shape index (κ3) is 1.81. The van der Waals surface area contributed by atoms with Gasteiger partial charge in [0.05, 0.1) is 11.7 Å². The van der Waals surface area contributed by atoms with Crippen molar-refractivity contribution >= 4 is 5.97 Å². The average Bonchev–Trinajstić information content (AvgIpc) is 2.24. The summed E-state index contributed by atoms with van der Waals surface area (Å²) in [4.78, 5) is 11.3. The van der Waals surface area contributed by atoms with E-state index in [1.807, 2.05) is 20.8 Å². The lowest BCUT2D eigenvalue weighted by molar-refractivity contribution is -0.153. The molecule has 0 bridgehead atoms. The predicted molar refractivity (Wildman–Crippen MR) is 50.3 cm³/mol. The quantitative estimate of drug-likeness (QED) is 0.608. The maximum atomic E-state index is 11.3. The van der Waals surface area contributed by atoms with Crippen LogP contribution in [0.25, 0.3) is 0 Å². The van der Waals surface area contributed by atoms with Gasteiger partial charge in [0.15, 0.2) is 0 Å². The van der Waals surface area contributed by atoms with Crippen LogP contribution in [0.4, 0.5) is 0 Å². The maximum Gasteiger partial charge on any atom is 0.339 e. The molecule has 0 aromatic heterocycles. The molecule has 1 rings (SSSR count). The Morgan fingerprint density at radius 2 is 1.93 bits per heavy atom. The molecule has 80 valence electrons. The summed E-state index contributed by atoms with van der Waals surface area (Å²) in [6.07, 6.45) is -2.11. The molecule has 14 heavy (non-hydrogen) atoms. The summed E-state index contributed by atoms with van der Waals surface area (Å²) in [5.41, 5.74) is 0.141. The van der Waals surface area contributed by atoms with Crippen LogP contribution in [0, 0.1) is 5.41 Å². The van der Waals surface area contributed by atoms with Crippen LogP contribution in [0.3, 0.4) is 0 Å². The van der Waals surface area contributed by atoms with Crippen LogP contribution in [-0.4, -0.2) is 28.6 Å². The van der Waals surface area contributed by atoms with Gasteiger partial charge >= 0.3 is 5.97 Å². The smallest absolute Gasteiger partial charge is 0.339 e. The van der Waals surface area contributed by atoms with E-state index in [2.05, 4.69) is 4.74 Å². The Bertz CT molecular complexity index is 285. The molecule has 0 aliphatic carbocycles. The standard InChI is InChI=1S/C10H16O4/c1-5-6(7(11)10(2,3)4)9(13)14-8(5)12/h7-8,11-12H,1-4H3/t7-,8?/m1/s1. The van der Waals surface area contributed by atoms with Crippen LogP contribution < -0.4 is 0 Å². The van der Waals surface area contributed by atoms with Crippen LogP contribution in [0.15, 0.2) is 11.1 Å². The Morgan fingerprint density at radius 3 is 2.21 bits per heavy atom. The molecule has 2 atom stereocenters. The van der Waals surface area contributed by atoms with Gasteiger partial charge in [0.1, 0.15) is 0 Å². The molecule has 1 aliphatic rings. The number of aliphatic hydroxyl groups excluding tert-OH is 2. The molecule has 0 spiro atoms. The SMILES string of the molecule is CC1=C([C@@H](O)C(C)(C)C)C(=O)OC1O. The predicted octanol–water partition coefficient (Wildman–Crippen LogP) is 0.585. The Labute approximate surface area is 83.2 Å². The van der Waals surface area contributed by atoms with E-state index < -0.39 is 23.8 Å². The second-order valence-corrected chi connectivity index (χ2v) is 4.62. The van der Waals surface area contributed by atoms with Crippen LogP contribution in [0.5, 0.6) is 0 Å². The number of hydrogen-bond donors (Lipinski definition) is 2. The largest absolute Gasteiger partial charge is 0.428 e. The molecular formula is C10H16O4. The summed E-state index contributed by atoms with van der Waals surface area (Å²) in [5, 5.41) is 19.1. The number of aliphatic hydroxyl groups is 2. The Balaban J connectivity index is 3.03. The van der Waals surface area contributed by atoms with Crippen molar-refractivity contribution in [2.45, 2.75) is 40.1 Å².